The second kappa shape index (κ2) is 4.98. The quantitative estimate of drug-likeness (QED) is 0.723. The Balaban J connectivity index is 2.74. The molecule has 1 rings (SSSR count). The van der Waals surface area contributed by atoms with Gasteiger partial charge in [0.15, 0.2) is 0 Å². The van der Waals surface area contributed by atoms with Gasteiger partial charge in [-0.05, 0) is 26.2 Å². The summed E-state index contributed by atoms with van der Waals surface area (Å²) in [6.07, 6.45) is 3.69. The van der Waals surface area contributed by atoms with Crippen LogP contribution in [0.4, 0.5) is 0 Å². The minimum Gasteiger partial charge on any atom is -0.339 e. The van der Waals surface area contributed by atoms with E-state index in [0.29, 0.717) is 6.42 Å². The van der Waals surface area contributed by atoms with Crippen LogP contribution < -0.4 is 0 Å². The molecule has 1 heterocycles. The molecule has 0 aromatic carbocycles. The van der Waals surface area contributed by atoms with Crippen molar-refractivity contribution in [1.82, 2.24) is 4.90 Å². The van der Waals surface area contributed by atoms with Gasteiger partial charge >= 0.3 is 0 Å². The fourth-order valence-corrected chi connectivity index (χ4v) is 2.24. The molecule has 3 nitrogen and oxygen atoms in total. The first kappa shape index (κ1) is 13.2. The summed E-state index contributed by atoms with van der Waals surface area (Å²) in [4.78, 5) is 25.3. The first-order valence-electron chi connectivity index (χ1n) is 6.13. The van der Waals surface area contributed by atoms with Crippen molar-refractivity contribution in [3.8, 4) is 0 Å². The Bertz CT molecular complexity index is 278. The molecule has 0 N–H and O–H groups in total. The van der Waals surface area contributed by atoms with E-state index in [-0.39, 0.29) is 23.1 Å². The first-order chi connectivity index (χ1) is 7.32. The predicted molar refractivity (Wildman–Crippen MR) is 64.1 cm³/mol. The zero-order chi connectivity index (χ0) is 12.3. The average Bonchev–Trinajstić information content (AvgIpc) is 2.15. The van der Waals surface area contributed by atoms with E-state index in [1.807, 2.05) is 25.7 Å². The highest BCUT2D eigenvalue weighted by molar-refractivity contribution is 5.83. The monoisotopic (exact) mass is 225 g/mol. The van der Waals surface area contributed by atoms with Gasteiger partial charge in [0, 0.05) is 24.4 Å². The van der Waals surface area contributed by atoms with Gasteiger partial charge in [0.05, 0.1) is 0 Å². The molecule has 1 unspecified atom stereocenters. The van der Waals surface area contributed by atoms with Crippen LogP contribution in [0.15, 0.2) is 0 Å². The summed E-state index contributed by atoms with van der Waals surface area (Å²) in [6.45, 7) is 8.24. The normalized spacial score (nSPS) is 22.0. The smallest absolute Gasteiger partial charge is 0.228 e. The number of nitrogens with zero attached hydrogens (tertiary/aromatic N) is 1. The molecule has 0 aromatic heterocycles. The molecule has 0 spiro atoms. The first-order valence-corrected chi connectivity index (χ1v) is 6.13. The third kappa shape index (κ3) is 3.32. The van der Waals surface area contributed by atoms with Crippen molar-refractivity contribution in [2.45, 2.75) is 59.4 Å². The largest absolute Gasteiger partial charge is 0.339 e. The lowest BCUT2D eigenvalue weighted by atomic mass is 9.90. The molecule has 0 bridgehead atoms. The predicted octanol–water partition coefficient (Wildman–Crippen LogP) is 2.39. The van der Waals surface area contributed by atoms with Crippen LogP contribution in [0.1, 0.15) is 53.4 Å². The standard InChI is InChI=1S/C13H23NO2/c1-10(15)9-11-7-5-6-8-14(11)12(16)13(2,3)4/h11H,5-9H2,1-4H3. The van der Waals surface area contributed by atoms with E-state index in [2.05, 4.69) is 0 Å². The van der Waals surface area contributed by atoms with Crippen molar-refractivity contribution >= 4 is 11.7 Å². The Morgan fingerprint density at radius 2 is 1.88 bits per heavy atom. The third-order valence-corrected chi connectivity index (χ3v) is 3.05. The molecule has 1 amide bonds. The number of rotatable bonds is 2. The number of amides is 1. The zero-order valence-electron chi connectivity index (χ0n) is 10.9. The highest BCUT2D eigenvalue weighted by Crippen LogP contribution is 2.26. The maximum absolute atomic E-state index is 12.2. The van der Waals surface area contributed by atoms with Gasteiger partial charge in [0.2, 0.25) is 5.91 Å². The fraction of sp³-hybridized carbons (Fsp3) is 0.846. The van der Waals surface area contributed by atoms with Gasteiger partial charge in [-0.1, -0.05) is 20.8 Å². The van der Waals surface area contributed by atoms with E-state index in [1.54, 1.807) is 6.92 Å². The Kier molecular flexibility index (Phi) is 4.11. The number of hydrogen-bond acceptors (Lipinski definition) is 2. The number of piperidine rings is 1. The molecule has 0 aliphatic carbocycles. The number of carbonyl (C=O) groups excluding carboxylic acids is 2. The fourth-order valence-electron chi connectivity index (χ4n) is 2.24. The second-order valence-corrected chi connectivity index (χ2v) is 5.80. The molecular formula is C13H23NO2. The highest BCUT2D eigenvalue weighted by atomic mass is 16.2. The Morgan fingerprint density at radius 1 is 1.25 bits per heavy atom. The van der Waals surface area contributed by atoms with E-state index < -0.39 is 0 Å². The van der Waals surface area contributed by atoms with Crippen LogP contribution in [0.2, 0.25) is 0 Å². The van der Waals surface area contributed by atoms with E-state index >= 15 is 0 Å². The molecule has 0 radical (unpaired) electrons. The number of hydrogen-bond donors (Lipinski definition) is 0. The van der Waals surface area contributed by atoms with Crippen LogP contribution >= 0.6 is 0 Å². The van der Waals surface area contributed by atoms with E-state index in [4.69, 9.17) is 0 Å². The Labute approximate surface area is 98.2 Å². The van der Waals surface area contributed by atoms with E-state index in [9.17, 15) is 9.59 Å². The van der Waals surface area contributed by atoms with Crippen LogP contribution in [0.5, 0.6) is 0 Å². The number of Topliss-reactive ketones (excluding diaryl/α,β-unsaturated/α-hetero) is 1. The van der Waals surface area contributed by atoms with Crippen LogP contribution in [0, 0.1) is 5.41 Å². The van der Waals surface area contributed by atoms with Crippen LogP contribution in [-0.4, -0.2) is 29.2 Å². The van der Waals surface area contributed by atoms with Gasteiger partial charge in [0.25, 0.3) is 0 Å². The van der Waals surface area contributed by atoms with Crippen molar-refractivity contribution in [1.29, 1.82) is 0 Å². The molecule has 0 saturated carbocycles. The van der Waals surface area contributed by atoms with Crippen molar-refractivity contribution in [3.05, 3.63) is 0 Å². The lowest BCUT2D eigenvalue weighted by Crippen LogP contribution is -2.49. The van der Waals surface area contributed by atoms with E-state index in [0.717, 1.165) is 25.8 Å². The molecule has 0 aromatic rings. The minimum absolute atomic E-state index is 0.137. The summed E-state index contributed by atoms with van der Waals surface area (Å²) in [5.74, 6) is 0.358. The summed E-state index contributed by atoms with van der Waals surface area (Å²) in [6, 6.07) is 0.137. The minimum atomic E-state index is -0.341. The van der Waals surface area contributed by atoms with Crippen molar-refractivity contribution in [2.24, 2.45) is 5.41 Å². The summed E-state index contributed by atoms with van der Waals surface area (Å²) in [5, 5.41) is 0. The van der Waals surface area contributed by atoms with Gasteiger partial charge in [-0.2, -0.15) is 0 Å². The van der Waals surface area contributed by atoms with Crippen molar-refractivity contribution in [3.63, 3.8) is 0 Å². The summed E-state index contributed by atoms with van der Waals surface area (Å²) in [7, 11) is 0. The maximum atomic E-state index is 12.2. The van der Waals surface area contributed by atoms with Gasteiger partial charge in [0.1, 0.15) is 5.78 Å². The van der Waals surface area contributed by atoms with Crippen LogP contribution in [0.3, 0.4) is 0 Å². The average molecular weight is 225 g/mol. The van der Waals surface area contributed by atoms with Gasteiger partial charge in [-0.25, -0.2) is 0 Å². The number of ketones is 1. The molecule has 92 valence electrons. The number of carbonyl (C=O) groups is 2. The van der Waals surface area contributed by atoms with E-state index in [1.165, 1.54) is 0 Å². The molecule has 1 aliphatic rings. The molecule has 1 aliphatic heterocycles. The SMILES string of the molecule is CC(=O)CC1CCCCN1C(=O)C(C)(C)C. The van der Waals surface area contributed by atoms with Gasteiger partial charge in [-0.15, -0.1) is 0 Å². The number of likely N-dealkylation sites (tertiary alicyclic amines) is 1. The maximum Gasteiger partial charge on any atom is 0.228 e. The lowest BCUT2D eigenvalue weighted by molar-refractivity contribution is -0.144. The Hall–Kier alpha value is -0.860. The molecule has 1 fully saturated rings. The van der Waals surface area contributed by atoms with Gasteiger partial charge in [-0.3, -0.25) is 9.59 Å². The molecular weight excluding hydrogens is 202 g/mol. The summed E-state index contributed by atoms with van der Waals surface area (Å²) in [5.41, 5.74) is -0.341. The Morgan fingerprint density at radius 3 is 2.38 bits per heavy atom. The second-order valence-electron chi connectivity index (χ2n) is 5.80. The zero-order valence-corrected chi connectivity index (χ0v) is 10.9. The topological polar surface area (TPSA) is 37.4 Å². The van der Waals surface area contributed by atoms with Crippen molar-refractivity contribution < 1.29 is 9.59 Å². The van der Waals surface area contributed by atoms with Crippen molar-refractivity contribution in [2.75, 3.05) is 6.54 Å². The van der Waals surface area contributed by atoms with Gasteiger partial charge < -0.3 is 4.90 Å². The summed E-state index contributed by atoms with van der Waals surface area (Å²) < 4.78 is 0. The highest BCUT2D eigenvalue weighted by Gasteiger charge is 2.33. The lowest BCUT2D eigenvalue weighted by Gasteiger charge is -2.39. The third-order valence-electron chi connectivity index (χ3n) is 3.05. The summed E-state index contributed by atoms with van der Waals surface area (Å²) >= 11 is 0. The molecule has 1 saturated heterocycles. The van der Waals surface area contributed by atoms with Crippen LogP contribution in [-0.2, 0) is 9.59 Å². The molecule has 1 atom stereocenters. The molecule has 16 heavy (non-hydrogen) atoms. The molecule has 3 heteroatoms. The van der Waals surface area contributed by atoms with Crippen LogP contribution in [0.25, 0.3) is 0 Å².